The highest BCUT2D eigenvalue weighted by atomic mass is 14.4. The largest absolute Gasteiger partial charge is 0.0651 e. The summed E-state index contributed by atoms with van der Waals surface area (Å²) in [7, 11) is 0. The Balaban J connectivity index is 4.62. The Morgan fingerprint density at radius 2 is 1.43 bits per heavy atom. The molecule has 0 radical (unpaired) electrons. The van der Waals surface area contributed by atoms with E-state index in [-0.39, 0.29) is 0 Å². The van der Waals surface area contributed by atoms with Crippen LogP contribution in [-0.4, -0.2) is 0 Å². The van der Waals surface area contributed by atoms with Crippen LogP contribution in [0.25, 0.3) is 0 Å². The average molecular weight is 198 g/mol. The maximum atomic E-state index is 2.47. The third kappa shape index (κ3) is 3.00. The van der Waals surface area contributed by atoms with Gasteiger partial charge in [0.25, 0.3) is 0 Å². The van der Waals surface area contributed by atoms with Crippen molar-refractivity contribution in [1.82, 2.24) is 0 Å². The molecule has 0 spiro atoms. The van der Waals surface area contributed by atoms with E-state index in [1.165, 1.54) is 25.7 Å². The van der Waals surface area contributed by atoms with Gasteiger partial charge in [0.1, 0.15) is 0 Å². The molecule has 0 aromatic carbocycles. The summed E-state index contributed by atoms with van der Waals surface area (Å²) in [5.74, 6) is 0.866. The highest BCUT2D eigenvalue weighted by Crippen LogP contribution is 2.48. The van der Waals surface area contributed by atoms with Crippen molar-refractivity contribution in [2.45, 2.75) is 74.1 Å². The molecule has 0 saturated carbocycles. The van der Waals surface area contributed by atoms with Gasteiger partial charge in [-0.2, -0.15) is 0 Å². The molecule has 14 heavy (non-hydrogen) atoms. The molecule has 0 aromatic heterocycles. The highest BCUT2D eigenvalue weighted by molar-refractivity contribution is 4.88. The summed E-state index contributed by atoms with van der Waals surface area (Å²) < 4.78 is 0. The van der Waals surface area contributed by atoms with Crippen LogP contribution in [0, 0.1) is 16.7 Å². The third-order valence-electron chi connectivity index (χ3n) is 4.79. The topological polar surface area (TPSA) is 0 Å². The van der Waals surface area contributed by atoms with Gasteiger partial charge in [0.15, 0.2) is 0 Å². The normalized spacial score (nSPS) is 19.1. The second kappa shape index (κ2) is 5.19. The summed E-state index contributed by atoms with van der Waals surface area (Å²) in [6.45, 7) is 16.7. The van der Waals surface area contributed by atoms with Crippen molar-refractivity contribution >= 4 is 0 Å². The molecule has 0 aliphatic carbocycles. The maximum Gasteiger partial charge on any atom is -0.0275 e. The Bertz CT molecular complexity index is 157. The van der Waals surface area contributed by atoms with E-state index in [2.05, 4.69) is 48.5 Å². The highest BCUT2D eigenvalue weighted by Gasteiger charge is 2.38. The molecule has 0 amide bonds. The fourth-order valence-corrected chi connectivity index (χ4v) is 2.24. The molecule has 0 heteroatoms. The fraction of sp³-hybridized carbons (Fsp3) is 1.00. The molecule has 0 saturated heterocycles. The standard InChI is InChI=1S/C14H30/c1-8-12(4)11-14(7,10-3)13(5,6)9-2/h12H,8-11H2,1-7H3. The smallest absolute Gasteiger partial charge is 0.0275 e. The van der Waals surface area contributed by atoms with Crippen molar-refractivity contribution in [2.24, 2.45) is 16.7 Å². The molecule has 2 atom stereocenters. The summed E-state index contributed by atoms with van der Waals surface area (Å²) in [5, 5.41) is 0. The summed E-state index contributed by atoms with van der Waals surface area (Å²) in [4.78, 5) is 0. The summed E-state index contributed by atoms with van der Waals surface area (Å²) in [5.41, 5.74) is 0.988. The summed E-state index contributed by atoms with van der Waals surface area (Å²) >= 11 is 0. The molecule has 2 unspecified atom stereocenters. The van der Waals surface area contributed by atoms with E-state index in [0.29, 0.717) is 10.8 Å². The van der Waals surface area contributed by atoms with Gasteiger partial charge in [-0.3, -0.25) is 0 Å². The van der Waals surface area contributed by atoms with E-state index in [0.717, 1.165) is 5.92 Å². The van der Waals surface area contributed by atoms with Crippen molar-refractivity contribution in [2.75, 3.05) is 0 Å². The van der Waals surface area contributed by atoms with E-state index in [4.69, 9.17) is 0 Å². The second-order valence-corrected chi connectivity index (χ2v) is 5.87. The Morgan fingerprint density at radius 3 is 1.71 bits per heavy atom. The Hall–Kier alpha value is 0. The quantitative estimate of drug-likeness (QED) is 0.545. The molecule has 86 valence electrons. The van der Waals surface area contributed by atoms with Crippen LogP contribution in [0.2, 0.25) is 0 Å². The molecular formula is C14H30. The van der Waals surface area contributed by atoms with Gasteiger partial charge in [0, 0.05) is 0 Å². The monoisotopic (exact) mass is 198 g/mol. The molecular weight excluding hydrogens is 168 g/mol. The van der Waals surface area contributed by atoms with E-state index in [1.54, 1.807) is 0 Å². The number of hydrogen-bond acceptors (Lipinski definition) is 0. The van der Waals surface area contributed by atoms with Gasteiger partial charge in [-0.15, -0.1) is 0 Å². The van der Waals surface area contributed by atoms with Crippen molar-refractivity contribution in [3.05, 3.63) is 0 Å². The lowest BCUT2D eigenvalue weighted by Gasteiger charge is -2.45. The van der Waals surface area contributed by atoms with Crippen molar-refractivity contribution in [3.63, 3.8) is 0 Å². The molecule has 0 bridgehead atoms. The van der Waals surface area contributed by atoms with Gasteiger partial charge >= 0.3 is 0 Å². The molecule has 0 rings (SSSR count). The van der Waals surface area contributed by atoms with Crippen LogP contribution in [0.1, 0.15) is 74.1 Å². The first-order valence-corrected chi connectivity index (χ1v) is 6.33. The number of hydrogen-bond donors (Lipinski definition) is 0. The van der Waals surface area contributed by atoms with Crippen LogP contribution in [0.4, 0.5) is 0 Å². The SMILES string of the molecule is CCC(C)CC(C)(CC)C(C)(C)CC. The lowest BCUT2D eigenvalue weighted by atomic mass is 9.60. The molecule has 0 fully saturated rings. The molecule has 0 N–H and O–H groups in total. The van der Waals surface area contributed by atoms with E-state index in [9.17, 15) is 0 Å². The fourth-order valence-electron chi connectivity index (χ4n) is 2.24. The second-order valence-electron chi connectivity index (χ2n) is 5.87. The first kappa shape index (κ1) is 14.0. The van der Waals surface area contributed by atoms with E-state index < -0.39 is 0 Å². The van der Waals surface area contributed by atoms with Crippen molar-refractivity contribution in [3.8, 4) is 0 Å². The molecule has 0 aliphatic heterocycles. The zero-order chi connectivity index (χ0) is 11.4. The summed E-state index contributed by atoms with van der Waals surface area (Å²) in [6.07, 6.45) is 5.28. The van der Waals surface area contributed by atoms with Crippen LogP contribution >= 0.6 is 0 Å². The molecule has 0 aromatic rings. The first-order valence-electron chi connectivity index (χ1n) is 6.33. The van der Waals surface area contributed by atoms with E-state index >= 15 is 0 Å². The van der Waals surface area contributed by atoms with Gasteiger partial charge in [-0.05, 0) is 23.2 Å². The third-order valence-corrected chi connectivity index (χ3v) is 4.79. The van der Waals surface area contributed by atoms with E-state index in [1.807, 2.05) is 0 Å². The molecule has 0 aliphatic rings. The van der Waals surface area contributed by atoms with Crippen LogP contribution in [-0.2, 0) is 0 Å². The Kier molecular flexibility index (Phi) is 5.19. The zero-order valence-corrected chi connectivity index (χ0v) is 11.4. The van der Waals surface area contributed by atoms with Gasteiger partial charge in [0.05, 0.1) is 0 Å². The van der Waals surface area contributed by atoms with Crippen LogP contribution in [0.15, 0.2) is 0 Å². The molecule has 0 nitrogen and oxygen atoms in total. The van der Waals surface area contributed by atoms with Gasteiger partial charge in [0.2, 0.25) is 0 Å². The first-order chi connectivity index (χ1) is 6.33. The van der Waals surface area contributed by atoms with Crippen LogP contribution in [0.3, 0.4) is 0 Å². The maximum absolute atomic E-state index is 2.47. The van der Waals surface area contributed by atoms with Crippen LogP contribution in [0.5, 0.6) is 0 Å². The Morgan fingerprint density at radius 1 is 0.929 bits per heavy atom. The van der Waals surface area contributed by atoms with Gasteiger partial charge in [-0.25, -0.2) is 0 Å². The van der Waals surface area contributed by atoms with Gasteiger partial charge in [-0.1, -0.05) is 67.7 Å². The van der Waals surface area contributed by atoms with Crippen molar-refractivity contribution < 1.29 is 0 Å². The van der Waals surface area contributed by atoms with Gasteiger partial charge < -0.3 is 0 Å². The number of rotatable bonds is 6. The predicted octanol–water partition coefficient (Wildman–Crippen LogP) is 5.28. The van der Waals surface area contributed by atoms with Crippen LogP contribution < -0.4 is 0 Å². The predicted molar refractivity (Wildman–Crippen MR) is 66.5 cm³/mol. The minimum absolute atomic E-state index is 0.477. The lowest BCUT2D eigenvalue weighted by Crippen LogP contribution is -2.35. The minimum Gasteiger partial charge on any atom is -0.0651 e. The lowest BCUT2D eigenvalue weighted by molar-refractivity contribution is 0.0507. The average Bonchev–Trinajstić information content (AvgIpc) is 2.17. The zero-order valence-electron chi connectivity index (χ0n) is 11.4. The summed E-state index contributed by atoms with van der Waals surface area (Å²) in [6, 6.07) is 0. The Labute approximate surface area is 91.5 Å². The molecule has 0 heterocycles. The minimum atomic E-state index is 0.477. The van der Waals surface area contributed by atoms with Crippen molar-refractivity contribution in [1.29, 1.82) is 0 Å².